The molecule has 0 aliphatic rings. The van der Waals surface area contributed by atoms with Gasteiger partial charge in [-0.1, -0.05) is 0 Å². The van der Waals surface area contributed by atoms with E-state index >= 15 is 0 Å². The molecule has 3 rings (SSSR count). The fourth-order valence-electron chi connectivity index (χ4n) is 3.11. The predicted octanol–water partition coefficient (Wildman–Crippen LogP) is 5.20. The third-order valence-corrected chi connectivity index (χ3v) is 4.96. The standard InChI is InChI=1S/C24H26N6O4/c1-2-29(17-18-34-24(31)26-16-13-19-11-14-25-15-12-19)22-7-3-20(4-8-22)27-28-21-5-9-23(10-6-21)30(32)33/h3-12,14-15H,2,13,16-18H2,1H3,(H,26,31). The molecule has 1 heterocycles. The van der Waals surface area contributed by atoms with E-state index in [4.69, 9.17) is 4.74 Å². The number of rotatable bonds is 11. The van der Waals surface area contributed by atoms with Gasteiger partial charge in [0.25, 0.3) is 5.69 Å². The number of nitrogens with one attached hydrogen (secondary N) is 1. The van der Waals surface area contributed by atoms with Crippen LogP contribution in [0.25, 0.3) is 0 Å². The number of likely N-dealkylation sites (N-methyl/N-ethyl adjacent to an activating group) is 1. The number of ether oxygens (including phenoxy) is 1. The van der Waals surface area contributed by atoms with Gasteiger partial charge in [0.1, 0.15) is 6.61 Å². The Kier molecular flexibility index (Phi) is 9.03. The highest BCUT2D eigenvalue weighted by Crippen LogP contribution is 2.23. The molecule has 0 aliphatic carbocycles. The average Bonchev–Trinajstić information content (AvgIpc) is 2.87. The fraction of sp³-hybridized carbons (Fsp3) is 0.250. The molecule has 0 bridgehead atoms. The summed E-state index contributed by atoms with van der Waals surface area (Å²) in [6, 6.07) is 17.2. The Bertz CT molecular complexity index is 1090. The minimum Gasteiger partial charge on any atom is -0.448 e. The van der Waals surface area contributed by atoms with Gasteiger partial charge >= 0.3 is 6.09 Å². The molecule has 1 N–H and O–H groups in total. The molecule has 0 radical (unpaired) electrons. The van der Waals surface area contributed by atoms with Crippen molar-refractivity contribution in [1.82, 2.24) is 10.3 Å². The highest BCUT2D eigenvalue weighted by atomic mass is 16.6. The number of carbonyl (C=O) groups is 1. The second-order valence-corrected chi connectivity index (χ2v) is 7.24. The Morgan fingerprint density at radius 2 is 1.65 bits per heavy atom. The first kappa shape index (κ1) is 24.3. The molecule has 1 amide bonds. The Morgan fingerprint density at radius 1 is 1.03 bits per heavy atom. The monoisotopic (exact) mass is 462 g/mol. The van der Waals surface area contributed by atoms with Gasteiger partial charge in [0.15, 0.2) is 0 Å². The summed E-state index contributed by atoms with van der Waals surface area (Å²) in [5.74, 6) is 0. The number of hydrogen-bond acceptors (Lipinski definition) is 8. The van der Waals surface area contributed by atoms with Crippen molar-refractivity contribution in [3.63, 3.8) is 0 Å². The van der Waals surface area contributed by atoms with Crippen LogP contribution in [0, 0.1) is 10.1 Å². The largest absolute Gasteiger partial charge is 0.448 e. The molecule has 3 aromatic rings. The number of nitro groups is 1. The van der Waals surface area contributed by atoms with Gasteiger partial charge in [-0.05, 0) is 67.4 Å². The van der Waals surface area contributed by atoms with Crippen LogP contribution in [0.15, 0.2) is 83.3 Å². The highest BCUT2D eigenvalue weighted by molar-refractivity contribution is 5.67. The van der Waals surface area contributed by atoms with Gasteiger partial charge in [-0.2, -0.15) is 10.2 Å². The molecule has 10 nitrogen and oxygen atoms in total. The van der Waals surface area contributed by atoms with E-state index in [0.717, 1.165) is 17.8 Å². The number of anilines is 1. The molecule has 0 saturated heterocycles. The van der Waals surface area contributed by atoms with Gasteiger partial charge in [-0.3, -0.25) is 15.1 Å². The van der Waals surface area contributed by atoms with Crippen LogP contribution < -0.4 is 10.2 Å². The van der Waals surface area contributed by atoms with Gasteiger partial charge in [-0.15, -0.1) is 0 Å². The predicted molar refractivity (Wildman–Crippen MR) is 129 cm³/mol. The summed E-state index contributed by atoms with van der Waals surface area (Å²) < 4.78 is 5.29. The van der Waals surface area contributed by atoms with E-state index < -0.39 is 11.0 Å². The summed E-state index contributed by atoms with van der Waals surface area (Å²) in [6.45, 7) is 4.08. The number of non-ortho nitro benzene ring substituents is 1. The van der Waals surface area contributed by atoms with Crippen LogP contribution in [0.4, 0.5) is 27.5 Å². The Balaban J connectivity index is 1.43. The zero-order valence-corrected chi connectivity index (χ0v) is 18.8. The normalized spacial score (nSPS) is 10.7. The number of aromatic nitrogens is 1. The number of benzene rings is 2. The van der Waals surface area contributed by atoms with Crippen LogP contribution >= 0.6 is 0 Å². The fourth-order valence-corrected chi connectivity index (χ4v) is 3.11. The molecule has 176 valence electrons. The lowest BCUT2D eigenvalue weighted by atomic mass is 10.2. The second kappa shape index (κ2) is 12.6. The number of alkyl carbamates (subject to hydrolysis) is 1. The summed E-state index contributed by atoms with van der Waals surface area (Å²) in [6.07, 6.45) is 3.72. The number of amides is 1. The van der Waals surface area contributed by atoms with E-state index in [1.807, 2.05) is 43.3 Å². The van der Waals surface area contributed by atoms with E-state index in [2.05, 4.69) is 25.4 Å². The molecular formula is C24H26N6O4. The Morgan fingerprint density at radius 3 is 2.24 bits per heavy atom. The van der Waals surface area contributed by atoms with Gasteiger partial charge in [-0.25, -0.2) is 4.79 Å². The van der Waals surface area contributed by atoms with E-state index in [9.17, 15) is 14.9 Å². The molecule has 1 aromatic heterocycles. The van der Waals surface area contributed by atoms with Crippen LogP contribution in [-0.4, -0.2) is 42.2 Å². The Hall–Kier alpha value is -4.34. The zero-order valence-electron chi connectivity index (χ0n) is 18.8. The summed E-state index contributed by atoms with van der Waals surface area (Å²) in [5.41, 5.74) is 3.26. The first-order chi connectivity index (χ1) is 16.5. The molecule has 0 unspecified atom stereocenters. The molecule has 0 atom stereocenters. The van der Waals surface area contributed by atoms with Gasteiger partial charge in [0, 0.05) is 43.3 Å². The number of pyridine rings is 1. The first-order valence-electron chi connectivity index (χ1n) is 10.9. The lowest BCUT2D eigenvalue weighted by Crippen LogP contribution is -2.31. The lowest BCUT2D eigenvalue weighted by molar-refractivity contribution is -0.384. The number of hydrogen-bond donors (Lipinski definition) is 1. The molecular weight excluding hydrogens is 436 g/mol. The van der Waals surface area contributed by atoms with Gasteiger partial charge < -0.3 is 15.0 Å². The van der Waals surface area contributed by atoms with Crippen LogP contribution in [0.1, 0.15) is 12.5 Å². The Labute approximate surface area is 197 Å². The average molecular weight is 463 g/mol. The van der Waals surface area contributed by atoms with E-state index in [1.165, 1.54) is 12.1 Å². The summed E-state index contributed by atoms with van der Waals surface area (Å²) >= 11 is 0. The molecule has 0 saturated carbocycles. The zero-order chi connectivity index (χ0) is 24.2. The second-order valence-electron chi connectivity index (χ2n) is 7.24. The van der Waals surface area contributed by atoms with Crippen molar-refractivity contribution in [2.24, 2.45) is 10.2 Å². The SMILES string of the molecule is CCN(CCOC(=O)NCCc1ccncc1)c1ccc(N=Nc2ccc([N+](=O)[O-])cc2)cc1. The highest BCUT2D eigenvalue weighted by Gasteiger charge is 2.07. The maximum absolute atomic E-state index is 11.9. The van der Waals surface area contributed by atoms with Crippen molar-refractivity contribution in [1.29, 1.82) is 0 Å². The molecule has 0 fully saturated rings. The van der Waals surface area contributed by atoms with Crippen LogP contribution in [0.3, 0.4) is 0 Å². The van der Waals surface area contributed by atoms with Crippen molar-refractivity contribution in [3.8, 4) is 0 Å². The number of azo groups is 1. The third kappa shape index (κ3) is 7.66. The third-order valence-electron chi connectivity index (χ3n) is 4.96. The van der Waals surface area contributed by atoms with Crippen molar-refractivity contribution in [2.75, 3.05) is 31.1 Å². The molecule has 34 heavy (non-hydrogen) atoms. The molecule has 2 aromatic carbocycles. The van der Waals surface area contributed by atoms with Crippen molar-refractivity contribution in [2.45, 2.75) is 13.3 Å². The van der Waals surface area contributed by atoms with Crippen molar-refractivity contribution >= 4 is 28.8 Å². The topological polar surface area (TPSA) is 122 Å². The van der Waals surface area contributed by atoms with Gasteiger partial charge in [0.05, 0.1) is 22.8 Å². The van der Waals surface area contributed by atoms with Crippen molar-refractivity contribution in [3.05, 3.63) is 88.7 Å². The van der Waals surface area contributed by atoms with E-state index in [1.54, 1.807) is 24.5 Å². The van der Waals surface area contributed by atoms with Crippen LogP contribution in [0.2, 0.25) is 0 Å². The number of carbonyl (C=O) groups excluding carboxylic acids is 1. The molecule has 0 aliphatic heterocycles. The summed E-state index contributed by atoms with van der Waals surface area (Å²) in [7, 11) is 0. The maximum atomic E-state index is 11.9. The van der Waals surface area contributed by atoms with Crippen LogP contribution in [-0.2, 0) is 11.2 Å². The lowest BCUT2D eigenvalue weighted by Gasteiger charge is -2.23. The van der Waals surface area contributed by atoms with E-state index in [-0.39, 0.29) is 12.3 Å². The molecule has 0 spiro atoms. The number of nitro benzene ring substituents is 1. The summed E-state index contributed by atoms with van der Waals surface area (Å²) in [5, 5.41) is 21.7. The molecule has 10 heteroatoms. The first-order valence-corrected chi connectivity index (χ1v) is 10.9. The quantitative estimate of drug-likeness (QED) is 0.237. The smallest absolute Gasteiger partial charge is 0.407 e. The minimum absolute atomic E-state index is 0.00868. The van der Waals surface area contributed by atoms with Crippen molar-refractivity contribution < 1.29 is 14.5 Å². The van der Waals surface area contributed by atoms with E-state index in [0.29, 0.717) is 30.9 Å². The maximum Gasteiger partial charge on any atom is 0.407 e. The summed E-state index contributed by atoms with van der Waals surface area (Å²) in [4.78, 5) is 28.2. The van der Waals surface area contributed by atoms with Crippen LogP contribution in [0.5, 0.6) is 0 Å². The minimum atomic E-state index is -0.458. The van der Waals surface area contributed by atoms with Gasteiger partial charge in [0.2, 0.25) is 0 Å². The number of nitrogens with zero attached hydrogens (tertiary/aromatic N) is 5.